The number of benzene rings is 2. The molecular weight excluding hydrogens is 336 g/mol. The standard InChI is InChI=1S/C19H22N2O3S/c1-3-12-24-17-7-5-6-14(13-17)18(22)21-19(25)20-15-8-10-16(11-9-15)23-4-2/h5-11,13H,3-4,12H2,1-2H3,(H2,20,21,22,25). The van der Waals surface area contributed by atoms with Crippen molar-refractivity contribution in [3.05, 3.63) is 54.1 Å². The van der Waals surface area contributed by atoms with Crippen LogP contribution in [0.1, 0.15) is 30.6 Å². The molecule has 1 amide bonds. The van der Waals surface area contributed by atoms with E-state index in [1.807, 2.05) is 44.2 Å². The highest BCUT2D eigenvalue weighted by atomic mass is 32.1. The lowest BCUT2D eigenvalue weighted by Crippen LogP contribution is -2.34. The Bertz CT molecular complexity index is 717. The van der Waals surface area contributed by atoms with E-state index in [4.69, 9.17) is 21.7 Å². The lowest BCUT2D eigenvalue weighted by Gasteiger charge is -2.11. The Balaban J connectivity index is 1.92. The van der Waals surface area contributed by atoms with E-state index in [1.165, 1.54) is 0 Å². The fourth-order valence-corrected chi connectivity index (χ4v) is 2.30. The molecule has 25 heavy (non-hydrogen) atoms. The smallest absolute Gasteiger partial charge is 0.257 e. The molecule has 0 saturated heterocycles. The molecule has 0 aliphatic heterocycles. The molecule has 2 aromatic rings. The summed E-state index contributed by atoms with van der Waals surface area (Å²) in [6.45, 7) is 5.19. The minimum absolute atomic E-state index is 0.231. The summed E-state index contributed by atoms with van der Waals surface area (Å²) in [5.74, 6) is 1.16. The van der Waals surface area contributed by atoms with Gasteiger partial charge in [-0.05, 0) is 68.0 Å². The molecule has 0 radical (unpaired) electrons. The molecule has 2 aromatic carbocycles. The van der Waals surface area contributed by atoms with Gasteiger partial charge in [0.2, 0.25) is 0 Å². The Kier molecular flexibility index (Phi) is 7.22. The lowest BCUT2D eigenvalue weighted by molar-refractivity contribution is 0.0977. The van der Waals surface area contributed by atoms with Crippen LogP contribution in [0.4, 0.5) is 5.69 Å². The van der Waals surface area contributed by atoms with Crippen LogP contribution in [0.15, 0.2) is 48.5 Å². The molecule has 132 valence electrons. The van der Waals surface area contributed by atoms with Gasteiger partial charge in [0.1, 0.15) is 11.5 Å². The SMILES string of the molecule is CCCOc1cccc(C(=O)NC(=S)Nc2ccc(OCC)cc2)c1. The third-order valence-corrected chi connectivity index (χ3v) is 3.42. The summed E-state index contributed by atoms with van der Waals surface area (Å²) < 4.78 is 10.9. The minimum atomic E-state index is -0.287. The van der Waals surface area contributed by atoms with Crippen LogP contribution < -0.4 is 20.1 Å². The predicted molar refractivity (Wildman–Crippen MR) is 104 cm³/mol. The first-order chi connectivity index (χ1) is 12.1. The van der Waals surface area contributed by atoms with Crippen molar-refractivity contribution in [2.45, 2.75) is 20.3 Å². The van der Waals surface area contributed by atoms with Crippen molar-refractivity contribution in [2.75, 3.05) is 18.5 Å². The number of ether oxygens (including phenoxy) is 2. The van der Waals surface area contributed by atoms with Gasteiger partial charge in [0.05, 0.1) is 13.2 Å². The van der Waals surface area contributed by atoms with E-state index in [1.54, 1.807) is 18.2 Å². The van der Waals surface area contributed by atoms with Crippen molar-refractivity contribution in [1.29, 1.82) is 0 Å². The van der Waals surface area contributed by atoms with E-state index in [2.05, 4.69) is 10.6 Å². The summed E-state index contributed by atoms with van der Waals surface area (Å²) in [7, 11) is 0. The van der Waals surface area contributed by atoms with Crippen molar-refractivity contribution in [2.24, 2.45) is 0 Å². The van der Waals surface area contributed by atoms with Crippen LogP contribution in [0.25, 0.3) is 0 Å². The summed E-state index contributed by atoms with van der Waals surface area (Å²) in [6, 6.07) is 14.4. The topological polar surface area (TPSA) is 59.6 Å². The predicted octanol–water partition coefficient (Wildman–Crippen LogP) is 4.00. The van der Waals surface area contributed by atoms with E-state index in [0.29, 0.717) is 24.5 Å². The number of carbonyl (C=O) groups is 1. The number of nitrogens with one attached hydrogen (secondary N) is 2. The Hall–Kier alpha value is -2.60. The number of hydrogen-bond acceptors (Lipinski definition) is 4. The van der Waals surface area contributed by atoms with Gasteiger partial charge in [-0.15, -0.1) is 0 Å². The third-order valence-electron chi connectivity index (χ3n) is 3.22. The molecule has 5 nitrogen and oxygen atoms in total. The van der Waals surface area contributed by atoms with Crippen LogP contribution in [0.3, 0.4) is 0 Å². The minimum Gasteiger partial charge on any atom is -0.494 e. The molecule has 0 bridgehead atoms. The maximum atomic E-state index is 12.3. The number of amides is 1. The molecule has 0 aromatic heterocycles. The van der Waals surface area contributed by atoms with Crippen LogP contribution in [0.5, 0.6) is 11.5 Å². The average molecular weight is 358 g/mol. The van der Waals surface area contributed by atoms with Crippen LogP contribution >= 0.6 is 12.2 Å². The fourth-order valence-electron chi connectivity index (χ4n) is 2.09. The number of thiocarbonyl (C=S) groups is 1. The molecule has 0 aliphatic rings. The highest BCUT2D eigenvalue weighted by molar-refractivity contribution is 7.80. The highest BCUT2D eigenvalue weighted by Gasteiger charge is 2.09. The summed E-state index contributed by atoms with van der Waals surface area (Å²) in [4.78, 5) is 12.3. The molecule has 0 spiro atoms. The van der Waals surface area contributed by atoms with Gasteiger partial charge >= 0.3 is 0 Å². The molecule has 2 rings (SSSR count). The molecule has 0 heterocycles. The molecular formula is C19H22N2O3S. The molecule has 0 atom stereocenters. The van der Waals surface area contributed by atoms with Gasteiger partial charge in [-0.1, -0.05) is 13.0 Å². The number of rotatable bonds is 7. The maximum Gasteiger partial charge on any atom is 0.257 e. The first-order valence-corrected chi connectivity index (χ1v) is 8.61. The van der Waals surface area contributed by atoms with E-state index in [0.717, 1.165) is 17.9 Å². The Morgan fingerprint density at radius 3 is 2.48 bits per heavy atom. The van der Waals surface area contributed by atoms with Crippen LogP contribution in [0.2, 0.25) is 0 Å². The van der Waals surface area contributed by atoms with Gasteiger partial charge in [0.25, 0.3) is 5.91 Å². The van der Waals surface area contributed by atoms with Crippen LogP contribution in [-0.2, 0) is 0 Å². The van der Waals surface area contributed by atoms with Crippen molar-refractivity contribution >= 4 is 28.9 Å². The molecule has 6 heteroatoms. The van der Waals surface area contributed by atoms with Crippen molar-refractivity contribution in [3.63, 3.8) is 0 Å². The first-order valence-electron chi connectivity index (χ1n) is 8.20. The molecule has 0 unspecified atom stereocenters. The summed E-state index contributed by atoms with van der Waals surface area (Å²) in [5.41, 5.74) is 1.26. The zero-order valence-corrected chi connectivity index (χ0v) is 15.2. The summed E-state index contributed by atoms with van der Waals surface area (Å²) in [5, 5.41) is 5.87. The monoisotopic (exact) mass is 358 g/mol. The molecule has 0 saturated carbocycles. The Labute approximate surface area is 153 Å². The molecule has 0 aliphatic carbocycles. The largest absolute Gasteiger partial charge is 0.494 e. The van der Waals surface area contributed by atoms with Gasteiger partial charge in [0, 0.05) is 11.3 Å². The molecule has 2 N–H and O–H groups in total. The number of carbonyl (C=O) groups excluding carboxylic acids is 1. The number of hydrogen-bond donors (Lipinski definition) is 2. The van der Waals surface area contributed by atoms with Crippen molar-refractivity contribution in [3.8, 4) is 11.5 Å². The van der Waals surface area contributed by atoms with Gasteiger partial charge in [-0.3, -0.25) is 10.1 Å². The zero-order valence-electron chi connectivity index (χ0n) is 14.4. The van der Waals surface area contributed by atoms with Crippen LogP contribution in [-0.4, -0.2) is 24.2 Å². The second kappa shape index (κ2) is 9.64. The van der Waals surface area contributed by atoms with Crippen molar-refractivity contribution in [1.82, 2.24) is 5.32 Å². The summed E-state index contributed by atoms with van der Waals surface area (Å²) >= 11 is 5.19. The van der Waals surface area contributed by atoms with E-state index in [-0.39, 0.29) is 11.0 Å². The van der Waals surface area contributed by atoms with Crippen molar-refractivity contribution < 1.29 is 14.3 Å². The van der Waals surface area contributed by atoms with E-state index < -0.39 is 0 Å². The zero-order chi connectivity index (χ0) is 18.1. The quantitative estimate of drug-likeness (QED) is 0.733. The van der Waals surface area contributed by atoms with Crippen LogP contribution in [0, 0.1) is 0 Å². The molecule has 0 fully saturated rings. The third kappa shape index (κ3) is 6.08. The number of anilines is 1. The second-order valence-electron chi connectivity index (χ2n) is 5.24. The van der Waals surface area contributed by atoms with Gasteiger partial charge in [-0.2, -0.15) is 0 Å². The normalized spacial score (nSPS) is 10.0. The lowest BCUT2D eigenvalue weighted by atomic mass is 10.2. The second-order valence-corrected chi connectivity index (χ2v) is 5.65. The van der Waals surface area contributed by atoms with Gasteiger partial charge in [0.15, 0.2) is 5.11 Å². The van der Waals surface area contributed by atoms with Gasteiger partial charge in [-0.25, -0.2) is 0 Å². The first kappa shape index (κ1) is 18.7. The average Bonchev–Trinajstić information content (AvgIpc) is 2.62. The Morgan fingerprint density at radius 2 is 1.80 bits per heavy atom. The fraction of sp³-hybridized carbons (Fsp3) is 0.263. The maximum absolute atomic E-state index is 12.3. The summed E-state index contributed by atoms with van der Waals surface area (Å²) in [6.07, 6.45) is 0.909. The highest BCUT2D eigenvalue weighted by Crippen LogP contribution is 2.16. The van der Waals surface area contributed by atoms with E-state index in [9.17, 15) is 4.79 Å². The Morgan fingerprint density at radius 1 is 1.04 bits per heavy atom. The van der Waals surface area contributed by atoms with E-state index >= 15 is 0 Å². The van der Waals surface area contributed by atoms with Gasteiger partial charge < -0.3 is 14.8 Å².